The standard InChI is InChI=1S/C25H18F2N2O3S2/c26-18-12-10-17(11-13-18)25(30)28-22-15-14-20(16-21(22)27)34(31,32)29-23-8-4-5-9-24(23)33-19-6-2-1-3-7-19/h1-16,29H,(H,28,30). The van der Waals surface area contributed by atoms with E-state index in [9.17, 15) is 22.0 Å². The van der Waals surface area contributed by atoms with Crippen molar-refractivity contribution in [3.05, 3.63) is 114 Å². The Morgan fingerprint density at radius 2 is 1.44 bits per heavy atom. The van der Waals surface area contributed by atoms with Crippen molar-refractivity contribution < 1.29 is 22.0 Å². The van der Waals surface area contributed by atoms with Crippen molar-refractivity contribution in [2.75, 3.05) is 10.0 Å². The Labute approximate surface area is 199 Å². The van der Waals surface area contributed by atoms with Gasteiger partial charge in [-0.1, -0.05) is 42.1 Å². The first-order chi connectivity index (χ1) is 16.3. The highest BCUT2D eigenvalue weighted by Crippen LogP contribution is 2.34. The molecule has 0 heterocycles. The SMILES string of the molecule is O=C(Nc1ccc(S(=O)(=O)Nc2ccccc2Sc2ccccc2)cc1F)c1ccc(F)cc1. The van der Waals surface area contributed by atoms with Crippen LogP contribution in [0, 0.1) is 11.6 Å². The molecule has 9 heteroatoms. The lowest BCUT2D eigenvalue weighted by molar-refractivity contribution is 0.102. The average Bonchev–Trinajstić information content (AvgIpc) is 2.82. The van der Waals surface area contributed by atoms with E-state index in [0.29, 0.717) is 10.6 Å². The van der Waals surface area contributed by atoms with E-state index in [4.69, 9.17) is 0 Å². The zero-order chi connectivity index (χ0) is 24.1. The maximum atomic E-state index is 14.7. The Morgan fingerprint density at radius 3 is 2.15 bits per heavy atom. The summed E-state index contributed by atoms with van der Waals surface area (Å²) in [6, 6.07) is 24.3. The van der Waals surface area contributed by atoms with E-state index in [0.717, 1.165) is 29.2 Å². The van der Waals surface area contributed by atoms with Gasteiger partial charge >= 0.3 is 0 Å². The zero-order valence-corrected chi connectivity index (χ0v) is 19.2. The van der Waals surface area contributed by atoms with Gasteiger partial charge in [-0.3, -0.25) is 9.52 Å². The molecule has 4 aromatic carbocycles. The molecule has 5 nitrogen and oxygen atoms in total. The van der Waals surface area contributed by atoms with Crippen molar-refractivity contribution in [3.63, 3.8) is 0 Å². The minimum atomic E-state index is -4.11. The van der Waals surface area contributed by atoms with Crippen molar-refractivity contribution in [3.8, 4) is 0 Å². The van der Waals surface area contributed by atoms with Crippen molar-refractivity contribution in [2.24, 2.45) is 0 Å². The Morgan fingerprint density at radius 1 is 0.765 bits per heavy atom. The number of benzene rings is 4. The van der Waals surface area contributed by atoms with Crippen LogP contribution in [0.2, 0.25) is 0 Å². The smallest absolute Gasteiger partial charge is 0.262 e. The van der Waals surface area contributed by atoms with Gasteiger partial charge in [0.1, 0.15) is 11.6 Å². The predicted molar refractivity (Wildman–Crippen MR) is 129 cm³/mol. The van der Waals surface area contributed by atoms with Gasteiger partial charge in [-0.2, -0.15) is 0 Å². The van der Waals surface area contributed by atoms with Crippen LogP contribution < -0.4 is 10.0 Å². The number of para-hydroxylation sites is 1. The van der Waals surface area contributed by atoms with Crippen molar-refractivity contribution in [1.82, 2.24) is 0 Å². The molecule has 172 valence electrons. The molecule has 0 aliphatic rings. The molecule has 0 bridgehead atoms. The number of sulfonamides is 1. The topological polar surface area (TPSA) is 75.3 Å². The summed E-state index contributed by atoms with van der Waals surface area (Å²) in [5.74, 6) is -2.08. The summed E-state index contributed by atoms with van der Waals surface area (Å²) in [4.78, 5) is 13.6. The monoisotopic (exact) mass is 496 g/mol. The summed E-state index contributed by atoms with van der Waals surface area (Å²) in [5, 5.41) is 2.36. The minimum absolute atomic E-state index is 0.131. The van der Waals surface area contributed by atoms with Gasteiger partial charge in [0.2, 0.25) is 0 Å². The second-order valence-electron chi connectivity index (χ2n) is 7.12. The summed E-state index contributed by atoms with van der Waals surface area (Å²) < 4.78 is 56.1. The lowest BCUT2D eigenvalue weighted by atomic mass is 10.2. The van der Waals surface area contributed by atoms with Crippen LogP contribution in [0.15, 0.2) is 112 Å². The molecular weight excluding hydrogens is 478 g/mol. The summed E-state index contributed by atoms with van der Waals surface area (Å²) in [7, 11) is -4.11. The largest absolute Gasteiger partial charge is 0.319 e. The average molecular weight is 497 g/mol. The molecule has 0 saturated carbocycles. The first kappa shape index (κ1) is 23.5. The molecule has 0 spiro atoms. The molecule has 4 rings (SSSR count). The van der Waals surface area contributed by atoms with Crippen LogP contribution in [0.1, 0.15) is 10.4 Å². The molecule has 0 aliphatic carbocycles. The number of nitrogens with one attached hydrogen (secondary N) is 2. The Balaban J connectivity index is 1.53. The number of anilines is 2. The molecule has 0 atom stereocenters. The fourth-order valence-electron chi connectivity index (χ4n) is 3.02. The Bertz CT molecular complexity index is 1430. The van der Waals surface area contributed by atoms with Gasteiger partial charge in [0.15, 0.2) is 0 Å². The van der Waals surface area contributed by atoms with E-state index in [1.165, 1.54) is 30.0 Å². The zero-order valence-electron chi connectivity index (χ0n) is 17.5. The van der Waals surface area contributed by atoms with E-state index in [1.807, 2.05) is 30.3 Å². The number of hydrogen-bond acceptors (Lipinski definition) is 4. The van der Waals surface area contributed by atoms with Crippen molar-refractivity contribution in [2.45, 2.75) is 14.7 Å². The number of carbonyl (C=O) groups is 1. The summed E-state index contributed by atoms with van der Waals surface area (Å²) in [6.45, 7) is 0. The number of halogens is 2. The van der Waals surface area contributed by atoms with Crippen molar-refractivity contribution in [1.29, 1.82) is 0 Å². The first-order valence-corrected chi connectivity index (χ1v) is 12.3. The summed E-state index contributed by atoms with van der Waals surface area (Å²) in [5.41, 5.74) is 0.283. The van der Waals surface area contributed by atoms with E-state index in [1.54, 1.807) is 24.3 Å². The van der Waals surface area contributed by atoms with E-state index < -0.39 is 27.6 Å². The molecule has 0 unspecified atom stereocenters. The van der Waals surface area contributed by atoms with Gasteiger partial charge in [-0.15, -0.1) is 0 Å². The maximum absolute atomic E-state index is 14.7. The highest BCUT2D eigenvalue weighted by atomic mass is 32.2. The van der Waals surface area contributed by atoms with Gasteiger partial charge in [-0.25, -0.2) is 17.2 Å². The second kappa shape index (κ2) is 10.1. The molecule has 0 aromatic heterocycles. The van der Waals surface area contributed by atoms with E-state index >= 15 is 0 Å². The van der Waals surface area contributed by atoms with Gasteiger partial charge in [0.25, 0.3) is 15.9 Å². The van der Waals surface area contributed by atoms with Crippen LogP contribution in [-0.4, -0.2) is 14.3 Å². The summed E-state index contributed by atoms with van der Waals surface area (Å²) >= 11 is 1.39. The number of amides is 1. The lowest BCUT2D eigenvalue weighted by Crippen LogP contribution is -2.16. The third-order valence-corrected chi connectivity index (χ3v) is 7.15. The van der Waals surface area contributed by atoms with E-state index in [-0.39, 0.29) is 16.1 Å². The number of carbonyl (C=O) groups excluding carboxylic acids is 1. The molecule has 2 N–H and O–H groups in total. The lowest BCUT2D eigenvalue weighted by Gasteiger charge is -2.13. The van der Waals surface area contributed by atoms with Crippen LogP contribution >= 0.6 is 11.8 Å². The van der Waals surface area contributed by atoms with Crippen LogP contribution in [0.5, 0.6) is 0 Å². The maximum Gasteiger partial charge on any atom is 0.262 e. The second-order valence-corrected chi connectivity index (χ2v) is 9.92. The van der Waals surface area contributed by atoms with Crippen LogP contribution in [-0.2, 0) is 10.0 Å². The molecule has 1 amide bonds. The fourth-order valence-corrected chi connectivity index (χ4v) is 5.10. The molecule has 34 heavy (non-hydrogen) atoms. The minimum Gasteiger partial charge on any atom is -0.319 e. The molecule has 0 radical (unpaired) electrons. The highest BCUT2D eigenvalue weighted by Gasteiger charge is 2.19. The molecular formula is C25H18F2N2O3S2. The predicted octanol–water partition coefficient (Wildman–Crippen LogP) is 6.17. The van der Waals surface area contributed by atoms with Crippen LogP contribution in [0.25, 0.3) is 0 Å². The normalized spacial score (nSPS) is 11.1. The van der Waals surface area contributed by atoms with Crippen LogP contribution in [0.3, 0.4) is 0 Å². The quantitative estimate of drug-likeness (QED) is 0.321. The molecule has 0 fully saturated rings. The number of rotatable bonds is 7. The highest BCUT2D eigenvalue weighted by molar-refractivity contribution is 7.99. The first-order valence-electron chi connectivity index (χ1n) is 10.0. The molecule has 4 aromatic rings. The van der Waals surface area contributed by atoms with Gasteiger partial charge in [-0.05, 0) is 66.7 Å². The van der Waals surface area contributed by atoms with E-state index in [2.05, 4.69) is 10.0 Å². The van der Waals surface area contributed by atoms with Crippen molar-refractivity contribution >= 4 is 39.1 Å². The van der Waals surface area contributed by atoms with Gasteiger partial charge in [0, 0.05) is 15.4 Å². The third-order valence-electron chi connectivity index (χ3n) is 4.71. The van der Waals surface area contributed by atoms with Gasteiger partial charge in [0.05, 0.1) is 16.3 Å². The van der Waals surface area contributed by atoms with Crippen LogP contribution in [0.4, 0.5) is 20.2 Å². The summed E-state index contributed by atoms with van der Waals surface area (Å²) in [6.07, 6.45) is 0. The Hall–Kier alpha value is -3.69. The fraction of sp³-hybridized carbons (Fsp3) is 0. The molecule has 0 aliphatic heterocycles. The third kappa shape index (κ3) is 5.62. The number of hydrogen-bond donors (Lipinski definition) is 2. The van der Waals surface area contributed by atoms with Gasteiger partial charge < -0.3 is 5.32 Å². The Kier molecular flexibility index (Phi) is 6.95. The molecule has 0 saturated heterocycles.